The number of amides is 1. The first kappa shape index (κ1) is 20.0. The van der Waals surface area contributed by atoms with Gasteiger partial charge >= 0.3 is 6.09 Å². The van der Waals surface area contributed by atoms with Crippen LogP contribution in [0.3, 0.4) is 0 Å². The average Bonchev–Trinajstić information content (AvgIpc) is 2.74. The Morgan fingerprint density at radius 1 is 0.929 bits per heavy atom. The molecular weight excluding hydrogens is 354 g/mol. The molecule has 1 saturated heterocycles. The van der Waals surface area contributed by atoms with E-state index >= 15 is 0 Å². The molecule has 1 aliphatic rings. The van der Waals surface area contributed by atoms with Gasteiger partial charge in [-0.1, -0.05) is 30.3 Å². The van der Waals surface area contributed by atoms with Crippen LogP contribution in [0.25, 0.3) is 0 Å². The Labute approximate surface area is 166 Å². The van der Waals surface area contributed by atoms with Crippen molar-refractivity contribution in [3.8, 4) is 5.75 Å². The minimum Gasteiger partial charge on any atom is -0.494 e. The minimum absolute atomic E-state index is 0.188. The van der Waals surface area contributed by atoms with Crippen molar-refractivity contribution in [3.63, 3.8) is 0 Å². The summed E-state index contributed by atoms with van der Waals surface area (Å²) in [5.41, 5.74) is 7.17. The van der Waals surface area contributed by atoms with Gasteiger partial charge < -0.3 is 20.1 Å². The first-order valence-corrected chi connectivity index (χ1v) is 9.87. The number of anilines is 1. The van der Waals surface area contributed by atoms with E-state index in [0.717, 1.165) is 56.9 Å². The van der Waals surface area contributed by atoms with Crippen LogP contribution in [-0.2, 0) is 11.3 Å². The molecule has 0 saturated carbocycles. The van der Waals surface area contributed by atoms with Crippen LogP contribution >= 0.6 is 0 Å². The molecule has 2 N–H and O–H groups in total. The van der Waals surface area contributed by atoms with E-state index in [4.69, 9.17) is 15.2 Å². The van der Waals surface area contributed by atoms with E-state index in [-0.39, 0.29) is 6.61 Å². The smallest absolute Gasteiger partial charge is 0.404 e. The normalized spacial score (nSPS) is 14.6. The number of carbonyl (C=O) groups excluding carboxylic acids is 1. The van der Waals surface area contributed by atoms with Crippen molar-refractivity contribution in [2.24, 2.45) is 5.73 Å². The Hall–Kier alpha value is -2.73. The molecule has 0 aromatic heterocycles. The van der Waals surface area contributed by atoms with E-state index in [9.17, 15) is 4.79 Å². The van der Waals surface area contributed by atoms with Crippen molar-refractivity contribution in [1.29, 1.82) is 0 Å². The molecule has 1 amide bonds. The second kappa shape index (κ2) is 10.6. The van der Waals surface area contributed by atoms with Crippen LogP contribution in [0.2, 0.25) is 0 Å². The van der Waals surface area contributed by atoms with Crippen molar-refractivity contribution in [1.82, 2.24) is 4.90 Å². The lowest BCUT2D eigenvalue weighted by Gasteiger charge is -2.36. The van der Waals surface area contributed by atoms with Crippen molar-refractivity contribution in [3.05, 3.63) is 60.2 Å². The van der Waals surface area contributed by atoms with E-state index in [1.165, 1.54) is 5.69 Å². The zero-order chi connectivity index (χ0) is 19.6. The van der Waals surface area contributed by atoms with Crippen LogP contribution in [-0.4, -0.2) is 50.3 Å². The average molecular weight is 383 g/mol. The van der Waals surface area contributed by atoms with Gasteiger partial charge in [0.05, 0.1) is 6.61 Å². The Balaban J connectivity index is 1.27. The molecule has 0 bridgehead atoms. The van der Waals surface area contributed by atoms with Gasteiger partial charge in [0.2, 0.25) is 0 Å². The molecule has 0 spiro atoms. The number of nitrogens with zero attached hydrogens (tertiary/aromatic N) is 2. The van der Waals surface area contributed by atoms with Crippen LogP contribution in [0, 0.1) is 0 Å². The largest absolute Gasteiger partial charge is 0.494 e. The van der Waals surface area contributed by atoms with Crippen molar-refractivity contribution in [2.75, 3.05) is 44.2 Å². The van der Waals surface area contributed by atoms with E-state index < -0.39 is 6.09 Å². The number of ether oxygens (including phenoxy) is 2. The van der Waals surface area contributed by atoms with Gasteiger partial charge in [-0.25, -0.2) is 4.79 Å². The van der Waals surface area contributed by atoms with Gasteiger partial charge in [-0.15, -0.1) is 0 Å². The fourth-order valence-corrected chi connectivity index (χ4v) is 3.33. The van der Waals surface area contributed by atoms with Crippen LogP contribution in [0.5, 0.6) is 5.75 Å². The first-order valence-electron chi connectivity index (χ1n) is 9.87. The summed E-state index contributed by atoms with van der Waals surface area (Å²) < 4.78 is 10.6. The third-order valence-electron chi connectivity index (χ3n) is 4.94. The van der Waals surface area contributed by atoms with Gasteiger partial charge in [0, 0.05) is 31.9 Å². The van der Waals surface area contributed by atoms with Gasteiger partial charge in [0.1, 0.15) is 12.4 Å². The molecule has 2 aromatic rings. The lowest BCUT2D eigenvalue weighted by Crippen LogP contribution is -2.46. The lowest BCUT2D eigenvalue weighted by atomic mass is 10.2. The number of benzene rings is 2. The van der Waals surface area contributed by atoms with E-state index in [1.807, 2.05) is 24.3 Å². The van der Waals surface area contributed by atoms with E-state index in [1.54, 1.807) is 0 Å². The third kappa shape index (κ3) is 6.46. The molecule has 6 nitrogen and oxygen atoms in total. The monoisotopic (exact) mass is 383 g/mol. The summed E-state index contributed by atoms with van der Waals surface area (Å²) >= 11 is 0. The summed E-state index contributed by atoms with van der Waals surface area (Å²) in [5, 5.41) is 0. The number of hydrogen-bond donors (Lipinski definition) is 1. The van der Waals surface area contributed by atoms with Crippen molar-refractivity contribution < 1.29 is 14.3 Å². The lowest BCUT2D eigenvalue weighted by molar-refractivity contribution is 0.150. The molecule has 2 aromatic carbocycles. The van der Waals surface area contributed by atoms with Crippen LogP contribution in [0.15, 0.2) is 54.6 Å². The second-order valence-electron chi connectivity index (χ2n) is 6.97. The number of nitrogens with two attached hydrogens (primary N) is 1. The molecular formula is C22H29N3O3. The van der Waals surface area contributed by atoms with Gasteiger partial charge in [-0.2, -0.15) is 0 Å². The number of hydrogen-bond acceptors (Lipinski definition) is 5. The molecule has 6 heteroatoms. The van der Waals surface area contributed by atoms with E-state index in [2.05, 4.69) is 40.1 Å². The summed E-state index contributed by atoms with van der Waals surface area (Å²) in [6.07, 6.45) is 1.41. The topological polar surface area (TPSA) is 68.0 Å². The van der Waals surface area contributed by atoms with Crippen molar-refractivity contribution in [2.45, 2.75) is 19.4 Å². The maximum atomic E-state index is 10.6. The fourth-order valence-electron chi connectivity index (χ4n) is 3.33. The van der Waals surface area contributed by atoms with E-state index in [0.29, 0.717) is 6.61 Å². The number of carbonyl (C=O) groups is 1. The Kier molecular flexibility index (Phi) is 7.55. The fraction of sp³-hybridized carbons (Fsp3) is 0.409. The highest BCUT2D eigenvalue weighted by Gasteiger charge is 2.16. The standard InChI is InChI=1S/C22H29N3O3/c23-22(26)28-18-19-8-10-21(11-9-19)27-17-5-4-12-24-13-15-25(16-14-24)20-6-2-1-3-7-20/h1-3,6-11H,4-5,12-18H2,(H2,23,26). The summed E-state index contributed by atoms with van der Waals surface area (Å²) in [7, 11) is 0. The Morgan fingerprint density at radius 2 is 1.64 bits per heavy atom. The highest BCUT2D eigenvalue weighted by molar-refractivity contribution is 5.64. The predicted molar refractivity (Wildman–Crippen MR) is 111 cm³/mol. The maximum absolute atomic E-state index is 10.6. The van der Waals surface area contributed by atoms with Gasteiger partial charge in [0.25, 0.3) is 0 Å². The van der Waals surface area contributed by atoms with Gasteiger partial charge in [-0.05, 0) is 49.2 Å². The molecule has 1 heterocycles. The maximum Gasteiger partial charge on any atom is 0.404 e. The van der Waals surface area contributed by atoms with Crippen LogP contribution in [0.4, 0.5) is 10.5 Å². The predicted octanol–water partition coefficient (Wildman–Crippen LogP) is 3.26. The highest BCUT2D eigenvalue weighted by Crippen LogP contribution is 2.16. The van der Waals surface area contributed by atoms with Gasteiger partial charge in [0.15, 0.2) is 0 Å². The summed E-state index contributed by atoms with van der Waals surface area (Å²) in [4.78, 5) is 15.6. The Morgan fingerprint density at radius 3 is 2.32 bits per heavy atom. The number of primary amides is 1. The highest BCUT2D eigenvalue weighted by atomic mass is 16.5. The minimum atomic E-state index is -0.762. The van der Waals surface area contributed by atoms with Crippen LogP contribution < -0.4 is 15.4 Å². The molecule has 0 atom stereocenters. The molecule has 3 rings (SSSR count). The molecule has 0 aliphatic carbocycles. The number of piperazine rings is 1. The Bertz CT molecular complexity index is 714. The zero-order valence-electron chi connectivity index (χ0n) is 16.3. The van der Waals surface area contributed by atoms with Crippen molar-refractivity contribution >= 4 is 11.8 Å². The number of para-hydroxylation sites is 1. The molecule has 1 fully saturated rings. The second-order valence-corrected chi connectivity index (χ2v) is 6.97. The third-order valence-corrected chi connectivity index (χ3v) is 4.94. The van der Waals surface area contributed by atoms with Crippen LogP contribution in [0.1, 0.15) is 18.4 Å². The SMILES string of the molecule is NC(=O)OCc1ccc(OCCCCN2CCN(c3ccccc3)CC2)cc1. The molecule has 0 radical (unpaired) electrons. The quantitative estimate of drug-likeness (QED) is 0.673. The summed E-state index contributed by atoms with van der Waals surface area (Å²) in [6.45, 7) is 6.43. The van der Waals surface area contributed by atoms with Gasteiger partial charge in [-0.3, -0.25) is 4.90 Å². The molecule has 0 unspecified atom stereocenters. The zero-order valence-corrected chi connectivity index (χ0v) is 16.3. The number of rotatable bonds is 9. The summed E-state index contributed by atoms with van der Waals surface area (Å²) in [5.74, 6) is 0.833. The first-order chi connectivity index (χ1) is 13.7. The molecule has 1 aliphatic heterocycles. The molecule has 150 valence electrons. The molecule has 28 heavy (non-hydrogen) atoms. The number of unbranched alkanes of at least 4 members (excludes halogenated alkanes) is 1. The summed E-state index contributed by atoms with van der Waals surface area (Å²) in [6, 6.07) is 18.2.